The highest BCUT2D eigenvalue weighted by molar-refractivity contribution is 5.72. The Morgan fingerprint density at radius 3 is 3.11 bits per heavy atom. The average Bonchev–Trinajstić information content (AvgIpc) is 2.76. The van der Waals surface area contributed by atoms with Crippen LogP contribution < -0.4 is 0 Å². The van der Waals surface area contributed by atoms with Crippen LogP contribution in [0.1, 0.15) is 25.5 Å². The summed E-state index contributed by atoms with van der Waals surface area (Å²) in [5.41, 5.74) is 1.18. The minimum absolute atomic E-state index is 0.0342. The second-order valence-electron chi connectivity index (χ2n) is 4.82. The van der Waals surface area contributed by atoms with Gasteiger partial charge >= 0.3 is 5.97 Å². The first-order valence-electron chi connectivity index (χ1n) is 6.55. The van der Waals surface area contributed by atoms with Crippen LogP contribution in [0.2, 0.25) is 0 Å². The zero-order valence-corrected chi connectivity index (χ0v) is 11.1. The van der Waals surface area contributed by atoms with Crippen molar-refractivity contribution >= 4 is 5.97 Å². The summed E-state index contributed by atoms with van der Waals surface area (Å²) >= 11 is 0. The quantitative estimate of drug-likeness (QED) is 0.754. The third-order valence-corrected chi connectivity index (χ3v) is 3.43. The molecule has 1 aliphatic heterocycles. The van der Waals surface area contributed by atoms with Crippen molar-refractivity contribution in [3.63, 3.8) is 0 Å². The van der Waals surface area contributed by atoms with Crippen molar-refractivity contribution in [2.75, 3.05) is 19.7 Å². The van der Waals surface area contributed by atoms with Gasteiger partial charge in [-0.3, -0.25) is 9.69 Å². The van der Waals surface area contributed by atoms with Crippen LogP contribution in [0.3, 0.4) is 0 Å². The minimum atomic E-state index is -0.0489. The van der Waals surface area contributed by atoms with Crippen LogP contribution in [-0.2, 0) is 23.1 Å². The van der Waals surface area contributed by atoms with Gasteiger partial charge in [0.25, 0.3) is 0 Å². The van der Waals surface area contributed by atoms with Gasteiger partial charge in [0.05, 0.1) is 24.5 Å². The number of aryl methyl sites for hydroxylation is 1. The summed E-state index contributed by atoms with van der Waals surface area (Å²) in [5.74, 6) is -0.0147. The first-order chi connectivity index (χ1) is 8.70. The van der Waals surface area contributed by atoms with E-state index in [9.17, 15) is 4.79 Å². The lowest BCUT2D eigenvalue weighted by Gasteiger charge is -2.31. The van der Waals surface area contributed by atoms with Crippen LogP contribution in [0.5, 0.6) is 0 Å². The lowest BCUT2D eigenvalue weighted by atomic mass is 9.98. The van der Waals surface area contributed by atoms with Gasteiger partial charge in [0, 0.05) is 26.3 Å². The van der Waals surface area contributed by atoms with Crippen molar-refractivity contribution in [2.45, 2.75) is 26.3 Å². The molecule has 1 aromatic rings. The van der Waals surface area contributed by atoms with E-state index in [0.717, 1.165) is 32.5 Å². The molecule has 18 heavy (non-hydrogen) atoms. The molecule has 0 saturated carbocycles. The molecule has 1 saturated heterocycles. The van der Waals surface area contributed by atoms with Crippen LogP contribution in [0.15, 0.2) is 12.5 Å². The summed E-state index contributed by atoms with van der Waals surface area (Å²) in [4.78, 5) is 18.2. The molecule has 5 nitrogen and oxygen atoms in total. The lowest BCUT2D eigenvalue weighted by Crippen LogP contribution is -2.39. The van der Waals surface area contributed by atoms with E-state index in [-0.39, 0.29) is 11.9 Å². The molecule has 1 aromatic heterocycles. The highest BCUT2D eigenvalue weighted by Gasteiger charge is 2.26. The number of piperidine rings is 1. The highest BCUT2D eigenvalue weighted by atomic mass is 16.5. The fraction of sp³-hybridized carbons (Fsp3) is 0.692. The Hall–Kier alpha value is -1.36. The summed E-state index contributed by atoms with van der Waals surface area (Å²) < 4.78 is 7.13. The number of hydrogen-bond acceptors (Lipinski definition) is 4. The second kappa shape index (κ2) is 6.00. The highest BCUT2D eigenvalue weighted by Crippen LogP contribution is 2.19. The molecule has 0 amide bonds. The van der Waals surface area contributed by atoms with Crippen LogP contribution in [0, 0.1) is 5.92 Å². The fourth-order valence-corrected chi connectivity index (χ4v) is 2.42. The molecule has 0 aromatic carbocycles. The summed E-state index contributed by atoms with van der Waals surface area (Å²) in [6.45, 7) is 5.02. The van der Waals surface area contributed by atoms with Gasteiger partial charge in [0.1, 0.15) is 0 Å². The monoisotopic (exact) mass is 251 g/mol. The van der Waals surface area contributed by atoms with E-state index < -0.39 is 0 Å². The molecule has 2 rings (SSSR count). The third kappa shape index (κ3) is 3.10. The molecule has 1 atom stereocenters. The largest absolute Gasteiger partial charge is 0.466 e. The number of nitrogens with zero attached hydrogens (tertiary/aromatic N) is 3. The number of aromatic nitrogens is 2. The van der Waals surface area contributed by atoms with Gasteiger partial charge in [-0.1, -0.05) is 0 Å². The molecule has 1 fully saturated rings. The number of ether oxygens (including phenoxy) is 1. The number of rotatable bonds is 4. The predicted molar refractivity (Wildman–Crippen MR) is 67.8 cm³/mol. The van der Waals surface area contributed by atoms with Gasteiger partial charge in [-0.15, -0.1) is 0 Å². The Balaban J connectivity index is 1.91. The Kier molecular flexibility index (Phi) is 4.36. The molecule has 0 unspecified atom stereocenters. The summed E-state index contributed by atoms with van der Waals surface area (Å²) in [5, 5.41) is 0. The van der Waals surface area contributed by atoms with E-state index in [1.54, 1.807) is 0 Å². The Labute approximate surface area is 108 Å². The third-order valence-electron chi connectivity index (χ3n) is 3.43. The van der Waals surface area contributed by atoms with E-state index in [0.29, 0.717) is 6.61 Å². The standard InChI is InChI=1S/C13H21N3O2/c1-3-18-13(17)11-5-4-6-16(8-11)9-12-7-14-10-15(12)2/h7,10-11H,3-6,8-9H2,1-2H3/t11-/m1/s1. The molecule has 2 heterocycles. The molecule has 0 N–H and O–H groups in total. The molecular formula is C13H21N3O2. The van der Waals surface area contributed by atoms with Crippen molar-refractivity contribution in [2.24, 2.45) is 13.0 Å². The predicted octanol–water partition coefficient (Wildman–Crippen LogP) is 1.20. The number of carbonyl (C=O) groups excluding carboxylic acids is 1. The zero-order valence-electron chi connectivity index (χ0n) is 11.1. The topological polar surface area (TPSA) is 47.4 Å². The van der Waals surface area contributed by atoms with Crippen LogP contribution >= 0.6 is 0 Å². The van der Waals surface area contributed by atoms with Crippen LogP contribution in [-0.4, -0.2) is 40.1 Å². The SMILES string of the molecule is CCOC(=O)[C@@H]1CCCN(Cc2cncn2C)C1. The molecule has 0 spiro atoms. The number of carbonyl (C=O) groups is 1. The number of imidazole rings is 1. The van der Waals surface area contributed by atoms with Gasteiger partial charge < -0.3 is 9.30 Å². The maximum absolute atomic E-state index is 11.7. The van der Waals surface area contributed by atoms with E-state index >= 15 is 0 Å². The Bertz CT molecular complexity index is 403. The lowest BCUT2D eigenvalue weighted by molar-refractivity contribution is -0.150. The van der Waals surface area contributed by atoms with E-state index in [1.807, 2.05) is 31.1 Å². The van der Waals surface area contributed by atoms with E-state index in [4.69, 9.17) is 4.74 Å². The van der Waals surface area contributed by atoms with Gasteiger partial charge in [0.2, 0.25) is 0 Å². The molecular weight excluding hydrogens is 230 g/mol. The molecule has 1 aliphatic rings. The van der Waals surface area contributed by atoms with Crippen LogP contribution in [0.4, 0.5) is 0 Å². The van der Waals surface area contributed by atoms with Crippen molar-refractivity contribution in [3.05, 3.63) is 18.2 Å². The molecule has 0 bridgehead atoms. The number of esters is 1. The number of hydrogen-bond donors (Lipinski definition) is 0. The summed E-state index contributed by atoms with van der Waals surface area (Å²) in [7, 11) is 2.00. The van der Waals surface area contributed by atoms with Gasteiger partial charge in [-0.25, -0.2) is 4.98 Å². The van der Waals surface area contributed by atoms with Gasteiger partial charge in [0.15, 0.2) is 0 Å². The molecule has 0 radical (unpaired) electrons. The number of likely N-dealkylation sites (tertiary alicyclic amines) is 1. The normalized spacial score (nSPS) is 20.9. The Morgan fingerprint density at radius 2 is 2.44 bits per heavy atom. The summed E-state index contributed by atoms with van der Waals surface area (Å²) in [6, 6.07) is 0. The van der Waals surface area contributed by atoms with Crippen molar-refractivity contribution in [1.29, 1.82) is 0 Å². The van der Waals surface area contributed by atoms with E-state index in [2.05, 4.69) is 9.88 Å². The first kappa shape index (κ1) is 13.1. The first-order valence-corrected chi connectivity index (χ1v) is 6.55. The molecule has 0 aliphatic carbocycles. The second-order valence-corrected chi connectivity index (χ2v) is 4.82. The van der Waals surface area contributed by atoms with E-state index in [1.165, 1.54) is 5.69 Å². The van der Waals surface area contributed by atoms with Crippen molar-refractivity contribution in [1.82, 2.24) is 14.5 Å². The maximum atomic E-state index is 11.7. The fourth-order valence-electron chi connectivity index (χ4n) is 2.42. The minimum Gasteiger partial charge on any atom is -0.466 e. The van der Waals surface area contributed by atoms with Crippen LogP contribution in [0.25, 0.3) is 0 Å². The van der Waals surface area contributed by atoms with Crippen molar-refractivity contribution in [3.8, 4) is 0 Å². The van der Waals surface area contributed by atoms with Crippen molar-refractivity contribution < 1.29 is 9.53 Å². The maximum Gasteiger partial charge on any atom is 0.310 e. The molecule has 5 heteroatoms. The Morgan fingerprint density at radius 1 is 1.61 bits per heavy atom. The van der Waals surface area contributed by atoms with Gasteiger partial charge in [-0.05, 0) is 26.3 Å². The summed E-state index contributed by atoms with van der Waals surface area (Å²) in [6.07, 6.45) is 5.69. The average molecular weight is 251 g/mol. The molecule has 100 valence electrons. The van der Waals surface area contributed by atoms with Gasteiger partial charge in [-0.2, -0.15) is 0 Å². The smallest absolute Gasteiger partial charge is 0.310 e. The zero-order chi connectivity index (χ0) is 13.0.